The lowest BCUT2D eigenvalue weighted by molar-refractivity contribution is 0.0462. The van der Waals surface area contributed by atoms with Crippen LogP contribution < -0.4 is 16.0 Å². The van der Waals surface area contributed by atoms with Gasteiger partial charge < -0.3 is 4.74 Å². The molecule has 1 heterocycles. The van der Waals surface area contributed by atoms with Gasteiger partial charge in [0.25, 0.3) is 15.6 Å². The number of anilines is 1. The van der Waals surface area contributed by atoms with Crippen molar-refractivity contribution in [3.05, 3.63) is 92.5 Å². The minimum absolute atomic E-state index is 0.114. The molecular weight excluding hydrogens is 429 g/mol. The molecule has 0 amide bonds. The van der Waals surface area contributed by atoms with Crippen molar-refractivity contribution in [3.8, 4) is 0 Å². The molecule has 0 atom stereocenters. The summed E-state index contributed by atoms with van der Waals surface area (Å²) in [5, 5.41) is 0. The van der Waals surface area contributed by atoms with Gasteiger partial charge in [-0.1, -0.05) is 0 Å². The highest BCUT2D eigenvalue weighted by atomic mass is 32.2. The Morgan fingerprint density at radius 2 is 1.61 bits per heavy atom. The summed E-state index contributed by atoms with van der Waals surface area (Å²) in [6.45, 7) is -0.292. The second-order valence-corrected chi connectivity index (χ2v) is 8.27. The van der Waals surface area contributed by atoms with Crippen molar-refractivity contribution in [2.24, 2.45) is 14.1 Å². The molecule has 0 bridgehead atoms. The average Bonchev–Trinajstić information content (AvgIpc) is 2.74. The smallest absolute Gasteiger partial charge is 0.338 e. The van der Waals surface area contributed by atoms with Crippen LogP contribution in [0.1, 0.15) is 16.1 Å². The summed E-state index contributed by atoms with van der Waals surface area (Å²) in [7, 11) is -1.13. The number of aromatic nitrogens is 2. The van der Waals surface area contributed by atoms with Crippen molar-refractivity contribution in [1.82, 2.24) is 9.13 Å². The lowest BCUT2D eigenvalue weighted by Gasteiger charge is -2.11. The molecule has 0 unspecified atom stereocenters. The van der Waals surface area contributed by atoms with Crippen LogP contribution in [0.3, 0.4) is 0 Å². The van der Waals surface area contributed by atoms with Gasteiger partial charge in [-0.05, 0) is 48.5 Å². The Labute approximate surface area is 176 Å². The van der Waals surface area contributed by atoms with E-state index in [2.05, 4.69) is 4.72 Å². The number of ether oxygens (including phenoxy) is 1. The molecule has 0 fully saturated rings. The van der Waals surface area contributed by atoms with E-state index in [1.165, 1.54) is 49.0 Å². The number of esters is 1. The van der Waals surface area contributed by atoms with Crippen LogP contribution in [-0.4, -0.2) is 23.5 Å². The fourth-order valence-corrected chi connectivity index (χ4v) is 3.70. The van der Waals surface area contributed by atoms with Crippen molar-refractivity contribution in [1.29, 1.82) is 0 Å². The Hall–Kier alpha value is -3.73. The highest BCUT2D eigenvalue weighted by Gasteiger charge is 2.15. The zero-order valence-corrected chi connectivity index (χ0v) is 17.3. The first-order valence-electron chi connectivity index (χ1n) is 8.90. The first-order valence-corrected chi connectivity index (χ1v) is 10.4. The van der Waals surface area contributed by atoms with Gasteiger partial charge in [0.15, 0.2) is 0 Å². The van der Waals surface area contributed by atoms with Crippen LogP contribution in [0.25, 0.3) is 0 Å². The van der Waals surface area contributed by atoms with Crippen molar-refractivity contribution >= 4 is 21.7 Å². The Morgan fingerprint density at radius 3 is 2.23 bits per heavy atom. The molecule has 0 saturated heterocycles. The average molecular weight is 447 g/mol. The Bertz CT molecular complexity index is 1340. The zero-order chi connectivity index (χ0) is 22.8. The number of carbonyl (C=O) groups excluding carboxylic acids is 1. The highest BCUT2D eigenvalue weighted by Crippen LogP contribution is 2.17. The molecule has 0 spiro atoms. The summed E-state index contributed by atoms with van der Waals surface area (Å²) in [6, 6.07) is 11.0. The van der Waals surface area contributed by atoms with E-state index in [9.17, 15) is 27.2 Å². The van der Waals surface area contributed by atoms with E-state index in [-0.39, 0.29) is 28.4 Å². The topological polar surface area (TPSA) is 116 Å². The summed E-state index contributed by atoms with van der Waals surface area (Å²) in [6.07, 6.45) is 0. The molecule has 31 heavy (non-hydrogen) atoms. The van der Waals surface area contributed by atoms with E-state index >= 15 is 0 Å². The van der Waals surface area contributed by atoms with Crippen molar-refractivity contribution in [2.75, 3.05) is 4.72 Å². The number of halogens is 1. The maximum atomic E-state index is 13.0. The molecular formula is C20H18FN3O6S. The van der Waals surface area contributed by atoms with E-state index in [1.807, 2.05) is 0 Å². The molecule has 2 aromatic carbocycles. The molecule has 3 aromatic rings. The van der Waals surface area contributed by atoms with E-state index in [0.29, 0.717) is 0 Å². The van der Waals surface area contributed by atoms with Gasteiger partial charge in [-0.25, -0.2) is 22.4 Å². The normalized spacial score (nSPS) is 11.2. The van der Waals surface area contributed by atoms with Gasteiger partial charge in [0, 0.05) is 25.8 Å². The molecule has 0 aliphatic rings. The number of nitrogens with one attached hydrogen (secondary N) is 1. The summed E-state index contributed by atoms with van der Waals surface area (Å²) in [5.74, 6) is -1.28. The van der Waals surface area contributed by atoms with E-state index < -0.39 is 33.1 Å². The number of nitrogens with zero attached hydrogens (tertiary/aromatic N) is 2. The quantitative estimate of drug-likeness (QED) is 0.571. The molecule has 9 nitrogen and oxygen atoms in total. The molecule has 3 rings (SSSR count). The number of sulfonamides is 1. The zero-order valence-electron chi connectivity index (χ0n) is 16.5. The number of rotatable bonds is 6. The maximum absolute atomic E-state index is 13.0. The number of hydrogen-bond donors (Lipinski definition) is 1. The van der Waals surface area contributed by atoms with Crippen LogP contribution in [0.4, 0.5) is 10.1 Å². The predicted molar refractivity (Wildman–Crippen MR) is 110 cm³/mol. The van der Waals surface area contributed by atoms with Crippen LogP contribution in [0.5, 0.6) is 0 Å². The minimum Gasteiger partial charge on any atom is -0.456 e. The molecule has 1 N–H and O–H groups in total. The van der Waals surface area contributed by atoms with Crippen LogP contribution in [-0.2, 0) is 35.5 Å². The monoisotopic (exact) mass is 447 g/mol. The standard InChI is InChI=1S/C20H18FN3O6S/c1-23-16(11-18(25)24(2)20(23)27)12-30-19(26)13-3-7-15(8-4-13)22-31(28,29)17-9-5-14(21)6-10-17/h3-11,22H,12H2,1-2H3. The van der Waals surface area contributed by atoms with Gasteiger partial charge in [0.05, 0.1) is 16.2 Å². The lowest BCUT2D eigenvalue weighted by Crippen LogP contribution is -2.38. The Morgan fingerprint density at radius 1 is 1.00 bits per heavy atom. The summed E-state index contributed by atoms with van der Waals surface area (Å²) in [4.78, 5) is 35.8. The van der Waals surface area contributed by atoms with Gasteiger partial charge in [0.2, 0.25) is 0 Å². The number of benzene rings is 2. The second-order valence-electron chi connectivity index (χ2n) is 6.59. The largest absolute Gasteiger partial charge is 0.456 e. The van der Waals surface area contributed by atoms with Crippen LogP contribution in [0.15, 0.2) is 69.1 Å². The van der Waals surface area contributed by atoms with Gasteiger partial charge in [0.1, 0.15) is 12.4 Å². The van der Waals surface area contributed by atoms with Crippen LogP contribution in [0.2, 0.25) is 0 Å². The second kappa shape index (κ2) is 8.56. The molecule has 11 heteroatoms. The Kier molecular flexibility index (Phi) is 6.07. The molecule has 0 radical (unpaired) electrons. The maximum Gasteiger partial charge on any atom is 0.338 e. The Balaban J connectivity index is 1.69. The highest BCUT2D eigenvalue weighted by molar-refractivity contribution is 7.92. The number of hydrogen-bond acceptors (Lipinski definition) is 6. The third-order valence-electron chi connectivity index (χ3n) is 4.47. The van der Waals surface area contributed by atoms with Crippen LogP contribution >= 0.6 is 0 Å². The summed E-state index contributed by atoms with van der Waals surface area (Å²) >= 11 is 0. The first-order chi connectivity index (χ1) is 14.6. The first kappa shape index (κ1) is 22.0. The summed E-state index contributed by atoms with van der Waals surface area (Å²) in [5.41, 5.74) is -0.512. The van der Waals surface area contributed by atoms with E-state index in [4.69, 9.17) is 4.74 Å². The molecule has 162 valence electrons. The van der Waals surface area contributed by atoms with Crippen molar-refractivity contribution < 1.29 is 22.3 Å². The third kappa shape index (κ3) is 4.89. The van der Waals surface area contributed by atoms with Gasteiger partial charge in [-0.2, -0.15) is 0 Å². The molecule has 0 aliphatic heterocycles. The van der Waals surface area contributed by atoms with Crippen LogP contribution in [0, 0.1) is 5.82 Å². The fourth-order valence-electron chi connectivity index (χ4n) is 2.64. The minimum atomic E-state index is -3.92. The summed E-state index contributed by atoms with van der Waals surface area (Å²) < 4.78 is 47.2. The van der Waals surface area contributed by atoms with Gasteiger partial charge in [-0.3, -0.25) is 18.7 Å². The van der Waals surface area contributed by atoms with E-state index in [1.54, 1.807) is 0 Å². The SMILES string of the molecule is Cn1c(COC(=O)c2ccc(NS(=O)(=O)c3ccc(F)cc3)cc2)cc(=O)n(C)c1=O. The van der Waals surface area contributed by atoms with E-state index in [0.717, 1.165) is 28.8 Å². The lowest BCUT2D eigenvalue weighted by atomic mass is 10.2. The third-order valence-corrected chi connectivity index (χ3v) is 5.87. The molecule has 0 saturated carbocycles. The molecule has 0 aliphatic carbocycles. The molecule has 1 aromatic heterocycles. The van der Waals surface area contributed by atoms with Gasteiger partial charge >= 0.3 is 11.7 Å². The van der Waals surface area contributed by atoms with Crippen molar-refractivity contribution in [3.63, 3.8) is 0 Å². The predicted octanol–water partition coefficient (Wildman–Crippen LogP) is 1.38. The van der Waals surface area contributed by atoms with Crippen molar-refractivity contribution in [2.45, 2.75) is 11.5 Å². The fraction of sp³-hybridized carbons (Fsp3) is 0.150. The van der Waals surface area contributed by atoms with Gasteiger partial charge in [-0.15, -0.1) is 0 Å². The number of carbonyl (C=O) groups is 1.